The van der Waals surface area contributed by atoms with E-state index >= 15 is 0 Å². The third-order valence-corrected chi connectivity index (χ3v) is 1.62. The zero-order chi connectivity index (χ0) is 7.78. The summed E-state index contributed by atoms with van der Waals surface area (Å²) in [5.41, 5.74) is 1.05. The summed E-state index contributed by atoms with van der Waals surface area (Å²) in [6.07, 6.45) is 0. The zero-order valence-electron chi connectivity index (χ0n) is 6.31. The molecule has 0 unspecified atom stereocenters. The zero-order valence-corrected chi connectivity index (χ0v) is 7.90. The highest BCUT2D eigenvalue weighted by Crippen LogP contribution is 2.23. The lowest BCUT2D eigenvalue weighted by Crippen LogP contribution is -2.10. The van der Waals surface area contributed by atoms with E-state index in [9.17, 15) is 0 Å². The van der Waals surface area contributed by atoms with Crippen molar-refractivity contribution in [2.24, 2.45) is 0 Å². The van der Waals surface area contributed by atoms with E-state index in [4.69, 9.17) is 4.52 Å². The lowest BCUT2D eigenvalue weighted by atomic mass is 9.93. The van der Waals surface area contributed by atoms with Gasteiger partial charge in [-0.1, -0.05) is 25.9 Å². The molecular weight excluding hydrogens is 194 g/mol. The maximum atomic E-state index is 4.86. The molecule has 1 aromatic rings. The van der Waals surface area contributed by atoms with Crippen LogP contribution in [0, 0.1) is 0 Å². The molecule has 10 heavy (non-hydrogen) atoms. The molecule has 1 aromatic heterocycles. The first kappa shape index (κ1) is 7.79. The van der Waals surface area contributed by atoms with Crippen LogP contribution in [0.25, 0.3) is 0 Å². The van der Waals surface area contributed by atoms with Crippen molar-refractivity contribution in [3.63, 3.8) is 0 Å². The van der Waals surface area contributed by atoms with Gasteiger partial charge in [-0.15, -0.1) is 0 Å². The van der Waals surface area contributed by atoms with Crippen molar-refractivity contribution in [3.8, 4) is 0 Å². The Hall–Kier alpha value is -0.310. The number of hydrogen-bond acceptors (Lipinski definition) is 2. The van der Waals surface area contributed by atoms with Crippen molar-refractivity contribution in [1.82, 2.24) is 5.16 Å². The average Bonchev–Trinajstić information content (AvgIpc) is 2.11. The maximum absolute atomic E-state index is 4.86. The predicted molar refractivity (Wildman–Crippen MR) is 42.9 cm³/mol. The van der Waals surface area contributed by atoms with Crippen molar-refractivity contribution in [1.29, 1.82) is 0 Å². The fraction of sp³-hybridized carbons (Fsp3) is 0.571. The molecule has 0 N–H and O–H groups in total. The fourth-order valence-corrected chi connectivity index (χ4v) is 0.896. The Bertz CT molecular complexity index is 224. The first-order chi connectivity index (χ1) is 4.50. The number of nitrogens with zero attached hydrogens (tertiary/aromatic N) is 1. The van der Waals surface area contributed by atoms with Gasteiger partial charge in [0.25, 0.3) is 0 Å². The lowest BCUT2D eigenvalue weighted by molar-refractivity contribution is 0.377. The van der Waals surface area contributed by atoms with Gasteiger partial charge in [-0.2, -0.15) is 0 Å². The second kappa shape index (κ2) is 2.38. The van der Waals surface area contributed by atoms with Crippen molar-refractivity contribution < 1.29 is 4.52 Å². The standard InChI is InChI=1S/C7H10BrNO/c1-7(2,3)5-4-6(8)10-9-5/h4H,1-3H3. The molecule has 0 amide bonds. The summed E-state index contributed by atoms with van der Waals surface area (Å²) in [4.78, 5) is 0. The van der Waals surface area contributed by atoms with Gasteiger partial charge in [0.1, 0.15) is 0 Å². The van der Waals surface area contributed by atoms with Crippen molar-refractivity contribution >= 4 is 15.9 Å². The quantitative estimate of drug-likeness (QED) is 0.649. The molecule has 0 fully saturated rings. The van der Waals surface area contributed by atoms with Gasteiger partial charge in [-0.25, -0.2) is 0 Å². The Morgan fingerprint density at radius 3 is 2.30 bits per heavy atom. The van der Waals surface area contributed by atoms with Crippen molar-refractivity contribution in [3.05, 3.63) is 16.4 Å². The molecule has 0 aromatic carbocycles. The minimum Gasteiger partial charge on any atom is -0.349 e. The second-order valence-corrected chi connectivity index (χ2v) is 4.05. The summed E-state index contributed by atoms with van der Waals surface area (Å²) in [5, 5.41) is 3.87. The molecule has 0 radical (unpaired) electrons. The fourth-order valence-electron chi connectivity index (χ4n) is 0.606. The number of hydrogen-bond donors (Lipinski definition) is 0. The molecule has 0 saturated heterocycles. The summed E-state index contributed by atoms with van der Waals surface area (Å²) in [5.74, 6) is 0. The van der Waals surface area contributed by atoms with Crippen LogP contribution in [0.3, 0.4) is 0 Å². The SMILES string of the molecule is CC(C)(C)c1cc(Br)on1. The maximum Gasteiger partial charge on any atom is 0.202 e. The highest BCUT2D eigenvalue weighted by atomic mass is 79.9. The van der Waals surface area contributed by atoms with E-state index in [0.29, 0.717) is 4.67 Å². The summed E-state index contributed by atoms with van der Waals surface area (Å²) in [7, 11) is 0. The third kappa shape index (κ3) is 1.59. The molecule has 0 aliphatic heterocycles. The summed E-state index contributed by atoms with van der Waals surface area (Å²) >= 11 is 3.20. The molecule has 0 saturated carbocycles. The van der Waals surface area contributed by atoms with Crippen LogP contribution in [-0.4, -0.2) is 5.16 Å². The van der Waals surface area contributed by atoms with E-state index in [0.717, 1.165) is 5.69 Å². The van der Waals surface area contributed by atoms with Gasteiger partial charge in [-0.05, 0) is 15.9 Å². The Morgan fingerprint density at radius 2 is 2.10 bits per heavy atom. The number of halogens is 1. The molecule has 0 atom stereocenters. The molecule has 0 spiro atoms. The smallest absolute Gasteiger partial charge is 0.202 e. The molecule has 2 nitrogen and oxygen atoms in total. The van der Waals surface area contributed by atoms with Crippen LogP contribution in [0.15, 0.2) is 15.3 Å². The minimum atomic E-state index is 0.0789. The number of rotatable bonds is 0. The first-order valence-corrected chi connectivity index (χ1v) is 3.92. The Labute approximate surface area is 68.7 Å². The normalized spacial score (nSPS) is 12.0. The Morgan fingerprint density at radius 1 is 1.50 bits per heavy atom. The summed E-state index contributed by atoms with van der Waals surface area (Å²) < 4.78 is 5.55. The molecule has 0 aliphatic rings. The van der Waals surface area contributed by atoms with Crippen LogP contribution in [0.1, 0.15) is 26.5 Å². The predicted octanol–water partition coefficient (Wildman–Crippen LogP) is 2.73. The van der Waals surface area contributed by atoms with Crippen LogP contribution >= 0.6 is 15.9 Å². The van der Waals surface area contributed by atoms with E-state index in [-0.39, 0.29) is 5.41 Å². The lowest BCUT2D eigenvalue weighted by Gasteiger charge is -2.12. The van der Waals surface area contributed by atoms with Gasteiger partial charge in [0.05, 0.1) is 5.69 Å². The molecule has 0 aliphatic carbocycles. The van der Waals surface area contributed by atoms with E-state index < -0.39 is 0 Å². The second-order valence-electron chi connectivity index (χ2n) is 3.27. The largest absolute Gasteiger partial charge is 0.349 e. The molecule has 56 valence electrons. The summed E-state index contributed by atoms with van der Waals surface area (Å²) in [6.45, 7) is 6.28. The van der Waals surface area contributed by atoms with Crippen LogP contribution < -0.4 is 0 Å². The molecule has 1 heterocycles. The molecular formula is C7H10BrNO. The van der Waals surface area contributed by atoms with Crippen LogP contribution in [-0.2, 0) is 5.41 Å². The Balaban J connectivity index is 2.96. The van der Waals surface area contributed by atoms with Gasteiger partial charge in [0, 0.05) is 11.5 Å². The minimum absolute atomic E-state index is 0.0789. The van der Waals surface area contributed by atoms with Crippen molar-refractivity contribution in [2.75, 3.05) is 0 Å². The third-order valence-electron chi connectivity index (χ3n) is 1.25. The molecule has 1 rings (SSSR count). The van der Waals surface area contributed by atoms with Gasteiger partial charge in [0.15, 0.2) is 0 Å². The van der Waals surface area contributed by atoms with E-state index in [2.05, 4.69) is 41.9 Å². The first-order valence-electron chi connectivity index (χ1n) is 3.13. The molecule has 0 bridgehead atoms. The Kier molecular flexibility index (Phi) is 1.86. The topological polar surface area (TPSA) is 26.0 Å². The van der Waals surface area contributed by atoms with Gasteiger partial charge in [0.2, 0.25) is 4.67 Å². The highest BCUT2D eigenvalue weighted by molar-refractivity contribution is 9.10. The van der Waals surface area contributed by atoms with Crippen molar-refractivity contribution in [2.45, 2.75) is 26.2 Å². The number of aromatic nitrogens is 1. The van der Waals surface area contributed by atoms with Gasteiger partial charge < -0.3 is 4.52 Å². The highest BCUT2D eigenvalue weighted by Gasteiger charge is 2.17. The average molecular weight is 204 g/mol. The summed E-state index contributed by atoms with van der Waals surface area (Å²) in [6, 6.07) is 1.89. The van der Waals surface area contributed by atoms with E-state index in [1.807, 2.05) is 6.07 Å². The monoisotopic (exact) mass is 203 g/mol. The van der Waals surface area contributed by atoms with E-state index in [1.54, 1.807) is 0 Å². The van der Waals surface area contributed by atoms with Crippen LogP contribution in [0.2, 0.25) is 0 Å². The van der Waals surface area contributed by atoms with Crippen LogP contribution in [0.4, 0.5) is 0 Å². The van der Waals surface area contributed by atoms with Gasteiger partial charge >= 0.3 is 0 Å². The van der Waals surface area contributed by atoms with Crippen LogP contribution in [0.5, 0.6) is 0 Å². The molecule has 3 heteroatoms. The van der Waals surface area contributed by atoms with E-state index in [1.165, 1.54) is 0 Å². The van der Waals surface area contributed by atoms with Gasteiger partial charge in [-0.3, -0.25) is 0 Å².